The van der Waals surface area contributed by atoms with Crippen molar-refractivity contribution in [3.8, 4) is 0 Å². The smallest absolute Gasteiger partial charge is 0.337 e. The summed E-state index contributed by atoms with van der Waals surface area (Å²) in [5, 5.41) is 3.62. The van der Waals surface area contributed by atoms with Crippen LogP contribution in [0, 0.1) is 0 Å². The molecule has 5 nitrogen and oxygen atoms in total. The van der Waals surface area contributed by atoms with Crippen molar-refractivity contribution >= 4 is 5.97 Å². The number of hydrogen-bond acceptors (Lipinski definition) is 5. The average molecular weight is 305 g/mol. The van der Waals surface area contributed by atoms with Crippen molar-refractivity contribution in [2.24, 2.45) is 0 Å². The van der Waals surface area contributed by atoms with Gasteiger partial charge < -0.3 is 19.5 Å². The molecule has 2 atom stereocenters. The molecule has 2 aliphatic heterocycles. The van der Waals surface area contributed by atoms with E-state index in [0.29, 0.717) is 18.8 Å². The molecule has 0 amide bonds. The van der Waals surface area contributed by atoms with Crippen molar-refractivity contribution in [2.75, 3.05) is 26.9 Å². The van der Waals surface area contributed by atoms with E-state index in [1.165, 1.54) is 12.7 Å². The molecule has 0 saturated carbocycles. The first-order valence-corrected chi connectivity index (χ1v) is 7.84. The number of hydrogen-bond donors (Lipinski definition) is 1. The number of carbonyl (C=O) groups is 1. The second-order valence-corrected chi connectivity index (χ2v) is 5.94. The fourth-order valence-electron chi connectivity index (χ4n) is 3.57. The van der Waals surface area contributed by atoms with Crippen LogP contribution in [0.2, 0.25) is 0 Å². The van der Waals surface area contributed by atoms with Gasteiger partial charge >= 0.3 is 5.97 Å². The van der Waals surface area contributed by atoms with E-state index in [1.807, 2.05) is 25.1 Å². The van der Waals surface area contributed by atoms with Gasteiger partial charge in [-0.05, 0) is 49.6 Å². The minimum Gasteiger partial charge on any atom is -0.465 e. The summed E-state index contributed by atoms with van der Waals surface area (Å²) in [6.45, 7) is 4.84. The van der Waals surface area contributed by atoms with Crippen molar-refractivity contribution in [1.82, 2.24) is 5.32 Å². The Labute approximate surface area is 130 Å². The van der Waals surface area contributed by atoms with Gasteiger partial charge in [-0.1, -0.05) is 6.07 Å². The molecule has 1 aromatic rings. The van der Waals surface area contributed by atoms with Crippen LogP contribution in [0.4, 0.5) is 0 Å². The van der Waals surface area contributed by atoms with E-state index >= 15 is 0 Å². The van der Waals surface area contributed by atoms with Gasteiger partial charge in [0.25, 0.3) is 0 Å². The highest BCUT2D eigenvalue weighted by Gasteiger charge is 2.42. The summed E-state index contributed by atoms with van der Waals surface area (Å²) >= 11 is 0. The van der Waals surface area contributed by atoms with Gasteiger partial charge in [-0.3, -0.25) is 0 Å². The molecule has 1 aromatic carbocycles. The number of esters is 1. The topological polar surface area (TPSA) is 56.8 Å². The molecule has 0 radical (unpaired) electrons. The molecular formula is C17H23NO4. The highest BCUT2D eigenvalue weighted by molar-refractivity contribution is 5.89. The van der Waals surface area contributed by atoms with Crippen molar-refractivity contribution in [3.05, 3.63) is 34.9 Å². The van der Waals surface area contributed by atoms with Gasteiger partial charge in [0.05, 0.1) is 37.5 Å². The van der Waals surface area contributed by atoms with Crippen LogP contribution in [-0.2, 0) is 26.4 Å². The van der Waals surface area contributed by atoms with Gasteiger partial charge in [0, 0.05) is 6.61 Å². The normalized spacial score (nSPS) is 27.5. The standard InChI is InChI=1S/C17H23NO4/c1-3-22-14-6-7-18-17(9-14)11-21-10-13-8-12(16(19)20-2)4-5-15(13)17/h4-5,8,14,18H,3,6-7,9-11H2,1-2H3. The minimum atomic E-state index is -0.314. The monoisotopic (exact) mass is 305 g/mol. The van der Waals surface area contributed by atoms with Crippen molar-refractivity contribution in [2.45, 2.75) is 38.0 Å². The van der Waals surface area contributed by atoms with E-state index in [-0.39, 0.29) is 17.6 Å². The SMILES string of the molecule is CCOC1CCNC2(COCc3cc(C(=O)OC)ccc32)C1. The van der Waals surface area contributed by atoms with Crippen LogP contribution in [0.15, 0.2) is 18.2 Å². The van der Waals surface area contributed by atoms with E-state index in [0.717, 1.165) is 31.6 Å². The number of methoxy groups -OCH3 is 1. The number of carbonyl (C=O) groups excluding carboxylic acids is 1. The molecule has 22 heavy (non-hydrogen) atoms. The first-order valence-electron chi connectivity index (χ1n) is 7.84. The molecular weight excluding hydrogens is 282 g/mol. The Kier molecular flexibility index (Phi) is 4.47. The van der Waals surface area contributed by atoms with E-state index in [1.54, 1.807) is 0 Å². The molecule has 1 saturated heterocycles. The molecule has 1 spiro atoms. The summed E-state index contributed by atoms with van der Waals surface area (Å²) in [5.74, 6) is -0.314. The first-order chi connectivity index (χ1) is 10.7. The second-order valence-electron chi connectivity index (χ2n) is 5.94. The summed E-state index contributed by atoms with van der Waals surface area (Å²) in [7, 11) is 1.40. The molecule has 0 aromatic heterocycles. The number of nitrogens with one attached hydrogen (secondary N) is 1. The number of benzene rings is 1. The summed E-state index contributed by atoms with van der Waals surface area (Å²) in [5.41, 5.74) is 2.63. The number of fused-ring (bicyclic) bond motifs is 2. The molecule has 2 aliphatic rings. The highest BCUT2D eigenvalue weighted by Crippen LogP contribution is 2.38. The van der Waals surface area contributed by atoms with Crippen LogP contribution in [-0.4, -0.2) is 38.9 Å². The van der Waals surface area contributed by atoms with Gasteiger partial charge in [0.2, 0.25) is 0 Å². The van der Waals surface area contributed by atoms with E-state index < -0.39 is 0 Å². The lowest BCUT2D eigenvalue weighted by Crippen LogP contribution is -2.55. The average Bonchev–Trinajstić information content (AvgIpc) is 2.54. The molecule has 2 unspecified atom stereocenters. The quantitative estimate of drug-likeness (QED) is 0.866. The summed E-state index contributed by atoms with van der Waals surface area (Å²) in [4.78, 5) is 11.7. The zero-order valence-electron chi connectivity index (χ0n) is 13.2. The third-order valence-electron chi connectivity index (χ3n) is 4.56. The molecule has 0 bridgehead atoms. The zero-order valence-corrected chi connectivity index (χ0v) is 13.2. The lowest BCUT2D eigenvalue weighted by molar-refractivity contribution is -0.0368. The van der Waals surface area contributed by atoms with Crippen LogP contribution in [0.5, 0.6) is 0 Å². The maximum absolute atomic E-state index is 11.7. The summed E-state index contributed by atoms with van der Waals surface area (Å²) in [6.07, 6.45) is 2.16. The fraction of sp³-hybridized carbons (Fsp3) is 0.588. The second kappa shape index (κ2) is 6.36. The predicted octanol–water partition coefficient (Wildman–Crippen LogP) is 1.99. The van der Waals surface area contributed by atoms with Crippen molar-refractivity contribution in [3.63, 3.8) is 0 Å². The maximum Gasteiger partial charge on any atom is 0.337 e. The Bertz CT molecular complexity index is 558. The van der Waals surface area contributed by atoms with Crippen molar-refractivity contribution < 1.29 is 19.0 Å². The molecule has 0 aliphatic carbocycles. The highest BCUT2D eigenvalue weighted by atomic mass is 16.5. The first kappa shape index (κ1) is 15.5. The Morgan fingerprint density at radius 2 is 2.36 bits per heavy atom. The van der Waals surface area contributed by atoms with Gasteiger partial charge in [-0.15, -0.1) is 0 Å². The molecule has 1 N–H and O–H groups in total. The fourth-order valence-corrected chi connectivity index (χ4v) is 3.57. The van der Waals surface area contributed by atoms with E-state index in [4.69, 9.17) is 14.2 Å². The Morgan fingerprint density at radius 1 is 1.50 bits per heavy atom. The van der Waals surface area contributed by atoms with Gasteiger partial charge in [-0.2, -0.15) is 0 Å². The number of ether oxygens (including phenoxy) is 3. The Hall–Kier alpha value is -1.43. The largest absolute Gasteiger partial charge is 0.465 e. The lowest BCUT2D eigenvalue weighted by atomic mass is 9.78. The lowest BCUT2D eigenvalue weighted by Gasteiger charge is -2.45. The maximum atomic E-state index is 11.7. The zero-order chi connectivity index (χ0) is 15.6. The third-order valence-corrected chi connectivity index (χ3v) is 4.56. The molecule has 5 heteroatoms. The number of piperidine rings is 1. The van der Waals surface area contributed by atoms with Crippen LogP contribution in [0.3, 0.4) is 0 Å². The summed E-state index contributed by atoms with van der Waals surface area (Å²) in [6, 6.07) is 5.75. The van der Waals surface area contributed by atoms with Crippen LogP contribution >= 0.6 is 0 Å². The van der Waals surface area contributed by atoms with Crippen LogP contribution in [0.1, 0.15) is 41.3 Å². The van der Waals surface area contributed by atoms with Gasteiger partial charge in [0.1, 0.15) is 0 Å². The Morgan fingerprint density at radius 3 is 3.14 bits per heavy atom. The molecule has 120 valence electrons. The molecule has 3 rings (SSSR count). The predicted molar refractivity (Wildman–Crippen MR) is 81.8 cm³/mol. The van der Waals surface area contributed by atoms with Crippen LogP contribution in [0.25, 0.3) is 0 Å². The van der Waals surface area contributed by atoms with Gasteiger partial charge in [0.15, 0.2) is 0 Å². The Balaban J connectivity index is 1.92. The molecule has 1 fully saturated rings. The van der Waals surface area contributed by atoms with Crippen molar-refractivity contribution in [1.29, 1.82) is 0 Å². The van der Waals surface area contributed by atoms with Crippen LogP contribution < -0.4 is 5.32 Å². The minimum absolute atomic E-state index is 0.208. The van der Waals surface area contributed by atoms with Gasteiger partial charge in [-0.25, -0.2) is 4.79 Å². The summed E-state index contributed by atoms with van der Waals surface area (Å²) < 4.78 is 16.4. The third kappa shape index (κ3) is 2.76. The number of rotatable bonds is 3. The van der Waals surface area contributed by atoms with E-state index in [9.17, 15) is 4.79 Å². The van der Waals surface area contributed by atoms with E-state index in [2.05, 4.69) is 5.32 Å². The molecule has 2 heterocycles.